The smallest absolute Gasteiger partial charge is 0.294 e. The van der Waals surface area contributed by atoms with Crippen molar-refractivity contribution in [3.05, 3.63) is 53.4 Å². The maximum absolute atomic E-state index is 10.8. The van der Waals surface area contributed by atoms with Crippen LogP contribution < -0.4 is 0 Å². The average molecular weight is 248 g/mol. The molecule has 0 fully saturated rings. The van der Waals surface area contributed by atoms with E-state index in [1.807, 2.05) is 6.08 Å². The first-order valence-electron chi connectivity index (χ1n) is 5.64. The highest BCUT2D eigenvalue weighted by Crippen LogP contribution is 2.31. The summed E-state index contributed by atoms with van der Waals surface area (Å²) in [7, 11) is 0. The highest BCUT2D eigenvalue weighted by atomic mass is 16.6. The molecule has 1 aromatic heterocycles. The van der Waals surface area contributed by atoms with Crippen LogP contribution in [0, 0.1) is 10.1 Å². The van der Waals surface area contributed by atoms with Crippen LogP contribution in [0.25, 0.3) is 5.57 Å². The Morgan fingerprint density at radius 2 is 2.22 bits per heavy atom. The number of hydrogen-bond donors (Lipinski definition) is 1. The number of pyridine rings is 1. The van der Waals surface area contributed by atoms with Gasteiger partial charge in [0.05, 0.1) is 16.6 Å². The summed E-state index contributed by atoms with van der Waals surface area (Å²) in [5, 5.41) is 20.2. The van der Waals surface area contributed by atoms with E-state index < -0.39 is 4.92 Å². The number of aromatic nitrogens is 1. The van der Waals surface area contributed by atoms with E-state index >= 15 is 0 Å². The lowest BCUT2D eigenvalue weighted by Gasteiger charge is -2.17. The van der Waals surface area contributed by atoms with Gasteiger partial charge in [-0.1, -0.05) is 6.08 Å². The fraction of sp³-hybridized carbons (Fsp3) is 0.308. The highest BCUT2D eigenvalue weighted by Gasteiger charge is 2.20. The van der Waals surface area contributed by atoms with Crippen LogP contribution in [-0.2, 0) is 0 Å². The molecule has 1 N–H and O–H groups in total. The zero-order valence-electron chi connectivity index (χ0n) is 10.1. The molecule has 0 aromatic carbocycles. The molecule has 18 heavy (non-hydrogen) atoms. The fourth-order valence-corrected chi connectivity index (χ4v) is 1.87. The second kappa shape index (κ2) is 6.66. The number of aliphatic hydroxyl groups is 1. The Bertz CT molecular complexity index is 457. The topological polar surface area (TPSA) is 76.3 Å². The van der Waals surface area contributed by atoms with Gasteiger partial charge >= 0.3 is 0 Å². The molecule has 0 radical (unpaired) electrons. The molecule has 1 unspecified atom stereocenters. The molecule has 0 saturated carbocycles. The molecule has 5 heteroatoms. The molecular weight excluding hydrogens is 232 g/mol. The molecule has 96 valence electrons. The number of allylic oxidation sites excluding steroid dienone is 1. The summed E-state index contributed by atoms with van der Waals surface area (Å²) in [6.07, 6.45) is 6.27. The minimum atomic E-state index is -0.422. The van der Waals surface area contributed by atoms with Crippen molar-refractivity contribution in [3.63, 3.8) is 0 Å². The minimum Gasteiger partial charge on any atom is -0.393 e. The van der Waals surface area contributed by atoms with Crippen molar-refractivity contribution in [2.45, 2.75) is 25.4 Å². The van der Waals surface area contributed by atoms with Gasteiger partial charge in [-0.3, -0.25) is 15.1 Å². The van der Waals surface area contributed by atoms with Gasteiger partial charge in [0.1, 0.15) is 6.20 Å². The van der Waals surface area contributed by atoms with E-state index in [4.69, 9.17) is 0 Å². The van der Waals surface area contributed by atoms with E-state index in [0.717, 1.165) is 5.57 Å². The maximum Gasteiger partial charge on any atom is 0.294 e. The molecule has 0 amide bonds. The largest absolute Gasteiger partial charge is 0.393 e. The Hall–Kier alpha value is -2.01. The summed E-state index contributed by atoms with van der Waals surface area (Å²) >= 11 is 0. The van der Waals surface area contributed by atoms with Crippen LogP contribution in [0.3, 0.4) is 0 Å². The van der Waals surface area contributed by atoms with Gasteiger partial charge in [-0.05, 0) is 30.9 Å². The predicted octanol–water partition coefficient (Wildman–Crippen LogP) is 2.72. The Morgan fingerprint density at radius 1 is 1.50 bits per heavy atom. The number of nitro groups is 1. The molecule has 1 heterocycles. The third-order valence-corrected chi connectivity index (χ3v) is 2.73. The Morgan fingerprint density at radius 3 is 2.78 bits per heavy atom. The van der Waals surface area contributed by atoms with Gasteiger partial charge in [-0.25, -0.2) is 0 Å². The Balaban J connectivity index is 0.000000771. The van der Waals surface area contributed by atoms with Crippen LogP contribution >= 0.6 is 0 Å². The van der Waals surface area contributed by atoms with Gasteiger partial charge in [-0.15, -0.1) is 13.2 Å². The van der Waals surface area contributed by atoms with Crippen molar-refractivity contribution in [2.75, 3.05) is 0 Å². The molecular formula is C13H16N2O3. The molecule has 0 spiro atoms. The normalized spacial score (nSPS) is 18.3. The molecule has 0 saturated heterocycles. The number of aliphatic hydroxyl groups excluding tert-OH is 1. The molecule has 1 aliphatic rings. The van der Waals surface area contributed by atoms with Gasteiger partial charge in [0, 0.05) is 6.20 Å². The van der Waals surface area contributed by atoms with E-state index in [1.165, 1.54) is 6.20 Å². The molecule has 0 bridgehead atoms. The lowest BCUT2D eigenvalue weighted by molar-refractivity contribution is -0.385. The summed E-state index contributed by atoms with van der Waals surface area (Å²) < 4.78 is 0. The van der Waals surface area contributed by atoms with Crippen LogP contribution in [0.15, 0.2) is 37.7 Å². The predicted molar refractivity (Wildman–Crippen MR) is 70.0 cm³/mol. The van der Waals surface area contributed by atoms with Crippen LogP contribution in [0.1, 0.15) is 24.8 Å². The molecule has 0 aliphatic heterocycles. The zero-order chi connectivity index (χ0) is 13.5. The number of nitrogens with zero attached hydrogens (tertiary/aromatic N) is 2. The molecule has 2 rings (SSSR count). The quantitative estimate of drug-likeness (QED) is 0.496. The van der Waals surface area contributed by atoms with Crippen LogP contribution in [0.2, 0.25) is 0 Å². The second-order valence-corrected chi connectivity index (χ2v) is 3.81. The SMILES string of the molecule is C=C.O=[N+]([O-])c1cnccc1C1=CCC(O)CC1. The van der Waals surface area contributed by atoms with E-state index in [-0.39, 0.29) is 11.8 Å². The van der Waals surface area contributed by atoms with Gasteiger partial charge < -0.3 is 5.11 Å². The number of hydrogen-bond acceptors (Lipinski definition) is 4. The fourth-order valence-electron chi connectivity index (χ4n) is 1.87. The highest BCUT2D eigenvalue weighted by molar-refractivity contribution is 5.72. The standard InChI is InChI=1S/C11H12N2O3.C2H4/c14-9-3-1-8(2-4-9)10-5-6-12-7-11(10)13(15)16;1-2/h1,5-7,9,14H,2-4H2;1-2H2. The number of rotatable bonds is 2. The minimum absolute atomic E-state index is 0.0325. The first kappa shape index (κ1) is 14.1. The molecule has 5 nitrogen and oxygen atoms in total. The van der Waals surface area contributed by atoms with E-state index in [0.29, 0.717) is 24.8 Å². The van der Waals surface area contributed by atoms with Gasteiger partial charge in [0.15, 0.2) is 0 Å². The zero-order valence-corrected chi connectivity index (χ0v) is 10.1. The monoisotopic (exact) mass is 248 g/mol. The molecule has 1 atom stereocenters. The third kappa shape index (κ3) is 3.24. The maximum atomic E-state index is 10.8. The van der Waals surface area contributed by atoms with Crippen molar-refractivity contribution in [3.8, 4) is 0 Å². The molecule has 1 aliphatic carbocycles. The Kier molecular flexibility index (Phi) is 5.20. The van der Waals surface area contributed by atoms with Gasteiger partial charge in [-0.2, -0.15) is 0 Å². The van der Waals surface area contributed by atoms with Crippen molar-refractivity contribution in [1.29, 1.82) is 0 Å². The van der Waals surface area contributed by atoms with Crippen LogP contribution in [0.5, 0.6) is 0 Å². The summed E-state index contributed by atoms with van der Waals surface area (Å²) in [5.74, 6) is 0. The van der Waals surface area contributed by atoms with E-state index in [1.54, 1.807) is 12.3 Å². The first-order valence-corrected chi connectivity index (χ1v) is 5.64. The van der Waals surface area contributed by atoms with Crippen molar-refractivity contribution < 1.29 is 10.0 Å². The van der Waals surface area contributed by atoms with Crippen molar-refractivity contribution >= 4 is 11.3 Å². The lowest BCUT2D eigenvalue weighted by Crippen LogP contribution is -2.10. The molecule has 1 aromatic rings. The average Bonchev–Trinajstić information content (AvgIpc) is 2.42. The Labute approximate surface area is 106 Å². The third-order valence-electron chi connectivity index (χ3n) is 2.73. The van der Waals surface area contributed by atoms with Crippen molar-refractivity contribution in [1.82, 2.24) is 4.98 Å². The van der Waals surface area contributed by atoms with E-state index in [2.05, 4.69) is 18.1 Å². The van der Waals surface area contributed by atoms with Crippen LogP contribution in [0.4, 0.5) is 5.69 Å². The first-order chi connectivity index (χ1) is 8.68. The van der Waals surface area contributed by atoms with Gasteiger partial charge in [0.2, 0.25) is 0 Å². The van der Waals surface area contributed by atoms with Crippen LogP contribution in [-0.4, -0.2) is 21.1 Å². The summed E-state index contributed by atoms with van der Waals surface area (Å²) in [5.41, 5.74) is 1.58. The summed E-state index contributed by atoms with van der Waals surface area (Å²) in [6, 6.07) is 1.65. The lowest BCUT2D eigenvalue weighted by atomic mass is 9.92. The van der Waals surface area contributed by atoms with Gasteiger partial charge in [0.25, 0.3) is 5.69 Å². The summed E-state index contributed by atoms with van der Waals surface area (Å²) in [4.78, 5) is 14.2. The second-order valence-electron chi connectivity index (χ2n) is 3.81. The summed E-state index contributed by atoms with van der Waals surface area (Å²) in [6.45, 7) is 6.00. The van der Waals surface area contributed by atoms with E-state index in [9.17, 15) is 15.2 Å². The van der Waals surface area contributed by atoms with Crippen molar-refractivity contribution in [2.24, 2.45) is 0 Å².